The highest BCUT2D eigenvalue weighted by molar-refractivity contribution is 5.94. The fourth-order valence-corrected chi connectivity index (χ4v) is 4.23. The van der Waals surface area contributed by atoms with Gasteiger partial charge in [0.15, 0.2) is 11.7 Å². The zero-order valence-corrected chi connectivity index (χ0v) is 21.9. The van der Waals surface area contributed by atoms with Crippen molar-refractivity contribution >= 4 is 22.7 Å². The number of aromatic nitrogens is 1. The zero-order chi connectivity index (χ0) is 26.7. The molecular formula is C31H33NO6. The van der Waals surface area contributed by atoms with Crippen LogP contribution in [-0.2, 0) is 19.1 Å². The molecule has 0 spiro atoms. The van der Waals surface area contributed by atoms with Gasteiger partial charge in [0.25, 0.3) is 0 Å². The number of esters is 2. The lowest BCUT2D eigenvalue weighted by Crippen LogP contribution is -2.28. The Bertz CT molecular complexity index is 1330. The van der Waals surface area contributed by atoms with Crippen molar-refractivity contribution in [2.75, 3.05) is 19.8 Å². The maximum Gasteiger partial charge on any atom is 0.320 e. The Kier molecular flexibility index (Phi) is 9.51. The number of unbranched alkanes of at least 4 members (excludes halogenated alkanes) is 2. The maximum atomic E-state index is 12.1. The molecule has 0 radical (unpaired) electrons. The molecule has 1 aromatic heterocycles. The van der Waals surface area contributed by atoms with Gasteiger partial charge in [-0.05, 0) is 61.7 Å². The first-order valence-electron chi connectivity index (χ1n) is 13.1. The Morgan fingerprint density at radius 1 is 0.816 bits per heavy atom. The van der Waals surface area contributed by atoms with Gasteiger partial charge in [-0.2, -0.15) is 0 Å². The highest BCUT2D eigenvalue weighted by Crippen LogP contribution is 2.29. The van der Waals surface area contributed by atoms with Crippen LogP contribution in [0.15, 0.2) is 77.3 Å². The van der Waals surface area contributed by atoms with E-state index in [-0.39, 0.29) is 13.2 Å². The van der Waals surface area contributed by atoms with Crippen molar-refractivity contribution in [2.24, 2.45) is 5.92 Å². The van der Waals surface area contributed by atoms with Crippen molar-refractivity contribution < 1.29 is 28.2 Å². The van der Waals surface area contributed by atoms with Crippen LogP contribution < -0.4 is 4.74 Å². The molecule has 0 amide bonds. The predicted molar refractivity (Wildman–Crippen MR) is 146 cm³/mol. The van der Waals surface area contributed by atoms with E-state index >= 15 is 0 Å². The summed E-state index contributed by atoms with van der Waals surface area (Å²) in [6.45, 7) is 4.48. The molecule has 0 atom stereocenters. The van der Waals surface area contributed by atoms with E-state index in [4.69, 9.17) is 18.6 Å². The number of carbonyl (C=O) groups excluding carboxylic acids is 2. The van der Waals surface area contributed by atoms with Crippen LogP contribution in [0.25, 0.3) is 33.6 Å². The minimum atomic E-state index is -0.859. The van der Waals surface area contributed by atoms with Gasteiger partial charge >= 0.3 is 11.9 Å². The quantitative estimate of drug-likeness (QED) is 0.109. The number of nitrogens with zero attached hydrogens (tertiary/aromatic N) is 1. The second kappa shape index (κ2) is 13.4. The Morgan fingerprint density at radius 2 is 1.53 bits per heavy atom. The van der Waals surface area contributed by atoms with E-state index in [1.165, 1.54) is 0 Å². The number of carbonyl (C=O) groups is 2. The third-order valence-corrected chi connectivity index (χ3v) is 6.17. The molecule has 4 aromatic rings. The van der Waals surface area contributed by atoms with Gasteiger partial charge in [-0.3, -0.25) is 9.59 Å². The Labute approximate surface area is 222 Å². The van der Waals surface area contributed by atoms with Crippen molar-refractivity contribution in [3.05, 3.63) is 72.9 Å². The van der Waals surface area contributed by atoms with Gasteiger partial charge < -0.3 is 18.6 Å². The lowest BCUT2D eigenvalue weighted by Gasteiger charge is -2.14. The first kappa shape index (κ1) is 26.9. The van der Waals surface area contributed by atoms with Crippen molar-refractivity contribution in [3.8, 4) is 28.5 Å². The zero-order valence-electron chi connectivity index (χ0n) is 21.9. The van der Waals surface area contributed by atoms with Gasteiger partial charge in [-0.1, -0.05) is 55.3 Å². The fraction of sp³-hybridized carbons (Fsp3) is 0.323. The van der Waals surface area contributed by atoms with Gasteiger partial charge in [0.05, 0.1) is 26.0 Å². The molecule has 3 aromatic carbocycles. The van der Waals surface area contributed by atoms with Crippen LogP contribution in [0, 0.1) is 5.92 Å². The third kappa shape index (κ3) is 7.00. The highest BCUT2D eigenvalue weighted by atomic mass is 16.6. The summed E-state index contributed by atoms with van der Waals surface area (Å²) in [7, 11) is 0. The molecule has 0 N–H and O–H groups in total. The third-order valence-electron chi connectivity index (χ3n) is 6.17. The molecule has 0 bridgehead atoms. The Hall–Kier alpha value is -4.13. The Morgan fingerprint density at radius 3 is 2.26 bits per heavy atom. The second-order valence-corrected chi connectivity index (χ2v) is 8.87. The van der Waals surface area contributed by atoms with Gasteiger partial charge in [0.2, 0.25) is 5.89 Å². The van der Waals surface area contributed by atoms with Crippen molar-refractivity contribution in [1.29, 1.82) is 0 Å². The topological polar surface area (TPSA) is 87.9 Å². The normalized spacial score (nSPS) is 11.0. The summed E-state index contributed by atoms with van der Waals surface area (Å²) in [5, 5.41) is 2.13. The molecule has 0 saturated heterocycles. The van der Waals surface area contributed by atoms with Crippen LogP contribution in [0.4, 0.5) is 0 Å². The van der Waals surface area contributed by atoms with Crippen molar-refractivity contribution in [1.82, 2.24) is 4.98 Å². The number of oxazole rings is 1. The number of ether oxygens (including phenoxy) is 3. The number of fused-ring (bicyclic) bond motifs is 1. The fourth-order valence-electron chi connectivity index (χ4n) is 4.23. The van der Waals surface area contributed by atoms with E-state index in [2.05, 4.69) is 11.1 Å². The summed E-state index contributed by atoms with van der Waals surface area (Å²) in [5.41, 5.74) is 1.91. The first-order chi connectivity index (χ1) is 18.6. The SMILES string of the molecule is CCOC(=O)C(CCCCCOc1ccc2cc(-c3ncc(-c4ccccc4)o3)ccc2c1)C(=O)OCC. The van der Waals surface area contributed by atoms with Gasteiger partial charge in [0, 0.05) is 11.1 Å². The molecule has 0 aliphatic carbocycles. The van der Waals surface area contributed by atoms with Crippen LogP contribution in [0.5, 0.6) is 5.75 Å². The summed E-state index contributed by atoms with van der Waals surface area (Å²) in [4.78, 5) is 28.6. The van der Waals surface area contributed by atoms with E-state index in [0.29, 0.717) is 25.3 Å². The van der Waals surface area contributed by atoms with Gasteiger partial charge in [-0.15, -0.1) is 0 Å². The molecule has 1 heterocycles. The standard InChI is InChI=1S/C31H33NO6/c1-3-35-30(33)27(31(34)36-4-2)13-9-6-10-18-37-26-17-16-23-19-25(15-14-24(23)20-26)29-32-21-28(38-29)22-11-7-5-8-12-22/h5,7-8,11-12,14-17,19-21,27H,3-4,6,9-10,13,18H2,1-2H3. The minimum Gasteiger partial charge on any atom is -0.494 e. The van der Waals surface area contributed by atoms with Crippen LogP contribution >= 0.6 is 0 Å². The van der Waals surface area contributed by atoms with Crippen molar-refractivity contribution in [3.63, 3.8) is 0 Å². The smallest absolute Gasteiger partial charge is 0.320 e. The lowest BCUT2D eigenvalue weighted by atomic mass is 10.0. The number of hydrogen-bond acceptors (Lipinski definition) is 7. The summed E-state index contributed by atoms with van der Waals surface area (Å²) in [6, 6.07) is 22.0. The largest absolute Gasteiger partial charge is 0.494 e. The first-order valence-corrected chi connectivity index (χ1v) is 13.1. The lowest BCUT2D eigenvalue weighted by molar-refractivity contribution is -0.161. The van der Waals surface area contributed by atoms with Gasteiger partial charge in [-0.25, -0.2) is 4.98 Å². The predicted octanol–water partition coefficient (Wildman–Crippen LogP) is 6.84. The molecule has 198 valence electrons. The summed E-state index contributed by atoms with van der Waals surface area (Å²) in [5.74, 6) is 0.231. The number of rotatable bonds is 13. The average molecular weight is 516 g/mol. The molecule has 0 saturated carbocycles. The molecule has 4 rings (SSSR count). The number of hydrogen-bond donors (Lipinski definition) is 0. The monoisotopic (exact) mass is 515 g/mol. The van der Waals surface area contributed by atoms with Crippen LogP contribution in [0.2, 0.25) is 0 Å². The molecule has 0 aliphatic rings. The van der Waals surface area contributed by atoms with Crippen LogP contribution in [-0.4, -0.2) is 36.7 Å². The van der Waals surface area contributed by atoms with E-state index in [0.717, 1.165) is 46.3 Å². The second-order valence-electron chi connectivity index (χ2n) is 8.87. The van der Waals surface area contributed by atoms with Gasteiger partial charge in [0.1, 0.15) is 5.75 Å². The average Bonchev–Trinajstić information content (AvgIpc) is 3.43. The molecule has 0 unspecified atom stereocenters. The molecule has 0 aliphatic heterocycles. The summed E-state index contributed by atoms with van der Waals surface area (Å²) in [6.07, 6.45) is 4.50. The molecular weight excluding hydrogens is 482 g/mol. The summed E-state index contributed by atoms with van der Waals surface area (Å²) >= 11 is 0. The van der Waals surface area contributed by atoms with E-state index in [1.807, 2.05) is 60.7 Å². The van der Waals surface area contributed by atoms with Crippen LogP contribution in [0.1, 0.15) is 39.5 Å². The molecule has 0 fully saturated rings. The molecule has 38 heavy (non-hydrogen) atoms. The Balaban J connectivity index is 1.28. The van der Waals surface area contributed by atoms with Crippen LogP contribution in [0.3, 0.4) is 0 Å². The molecule has 7 heteroatoms. The van der Waals surface area contributed by atoms with Crippen molar-refractivity contribution in [2.45, 2.75) is 39.5 Å². The van der Waals surface area contributed by atoms with E-state index in [1.54, 1.807) is 20.0 Å². The number of benzene rings is 3. The summed E-state index contributed by atoms with van der Waals surface area (Å²) < 4.78 is 22.0. The van der Waals surface area contributed by atoms with E-state index in [9.17, 15) is 9.59 Å². The minimum absolute atomic E-state index is 0.241. The highest BCUT2D eigenvalue weighted by Gasteiger charge is 2.28. The maximum absolute atomic E-state index is 12.1. The molecule has 7 nitrogen and oxygen atoms in total. The van der Waals surface area contributed by atoms with E-state index < -0.39 is 17.9 Å².